The molecule has 0 spiro atoms. The van der Waals surface area contributed by atoms with Crippen molar-refractivity contribution in [1.82, 2.24) is 9.97 Å². The van der Waals surface area contributed by atoms with E-state index < -0.39 is 4.92 Å². The van der Waals surface area contributed by atoms with E-state index >= 15 is 0 Å². The van der Waals surface area contributed by atoms with Crippen LogP contribution in [0.2, 0.25) is 0 Å². The molecule has 7 nitrogen and oxygen atoms in total. The summed E-state index contributed by atoms with van der Waals surface area (Å²) in [6.45, 7) is 3.59. The van der Waals surface area contributed by atoms with Crippen LogP contribution in [-0.2, 0) is 0 Å². The minimum Gasteiger partial charge on any atom is -0.334 e. The Morgan fingerprint density at radius 2 is 1.52 bits per heavy atom. The summed E-state index contributed by atoms with van der Waals surface area (Å²) in [5.74, 6) is 0.448. The summed E-state index contributed by atoms with van der Waals surface area (Å²) in [6.07, 6.45) is 0. The highest BCUT2D eigenvalue weighted by Gasteiger charge is 2.22. The molecule has 25 heavy (non-hydrogen) atoms. The van der Waals surface area contributed by atoms with Crippen molar-refractivity contribution in [3.63, 3.8) is 0 Å². The van der Waals surface area contributed by atoms with Gasteiger partial charge in [-0.3, -0.25) is 10.1 Å². The maximum absolute atomic E-state index is 11.4. The fourth-order valence-electron chi connectivity index (χ4n) is 2.35. The molecule has 3 aromatic rings. The maximum Gasteiger partial charge on any atom is 0.332 e. The average molecular weight is 335 g/mol. The van der Waals surface area contributed by atoms with E-state index in [-0.39, 0.29) is 17.2 Å². The SMILES string of the molecule is Cc1ccc(Nc2nc(C)c([N+](=O)[O-])c(Nc3ccccc3)n2)cc1. The van der Waals surface area contributed by atoms with E-state index in [1.54, 1.807) is 6.92 Å². The molecule has 1 aromatic heterocycles. The van der Waals surface area contributed by atoms with Gasteiger partial charge in [0.15, 0.2) is 0 Å². The standard InChI is InChI=1S/C18H17N5O2/c1-12-8-10-15(11-9-12)21-18-19-13(2)16(23(24)25)17(22-18)20-14-6-4-3-5-7-14/h3-11H,1-2H3,(H2,19,20,21,22). The Morgan fingerprint density at radius 3 is 2.16 bits per heavy atom. The summed E-state index contributed by atoms with van der Waals surface area (Å²) in [4.78, 5) is 19.4. The molecule has 0 saturated heterocycles. The molecule has 0 aliphatic heterocycles. The predicted octanol–water partition coefficient (Wildman–Crippen LogP) is 4.49. The number of hydrogen-bond donors (Lipinski definition) is 2. The van der Waals surface area contributed by atoms with Crippen molar-refractivity contribution in [2.24, 2.45) is 0 Å². The first-order valence-corrected chi connectivity index (χ1v) is 7.72. The van der Waals surface area contributed by atoms with E-state index in [0.717, 1.165) is 11.3 Å². The van der Waals surface area contributed by atoms with Crippen LogP contribution in [0.25, 0.3) is 0 Å². The Balaban J connectivity index is 1.97. The molecule has 1 heterocycles. The van der Waals surface area contributed by atoms with Gasteiger partial charge in [0, 0.05) is 11.4 Å². The Morgan fingerprint density at radius 1 is 0.880 bits per heavy atom. The predicted molar refractivity (Wildman–Crippen MR) is 97.6 cm³/mol. The molecule has 0 atom stereocenters. The molecule has 0 fully saturated rings. The fraction of sp³-hybridized carbons (Fsp3) is 0.111. The number of aryl methyl sites for hydroxylation is 2. The zero-order chi connectivity index (χ0) is 17.8. The van der Waals surface area contributed by atoms with Gasteiger partial charge in [-0.2, -0.15) is 4.98 Å². The number of aromatic nitrogens is 2. The lowest BCUT2D eigenvalue weighted by molar-refractivity contribution is -0.385. The van der Waals surface area contributed by atoms with Gasteiger partial charge < -0.3 is 10.6 Å². The second-order valence-corrected chi connectivity index (χ2v) is 5.57. The van der Waals surface area contributed by atoms with Crippen LogP contribution in [0.4, 0.5) is 28.8 Å². The lowest BCUT2D eigenvalue weighted by Gasteiger charge is -2.11. The number of benzene rings is 2. The van der Waals surface area contributed by atoms with Crippen molar-refractivity contribution < 1.29 is 4.92 Å². The Kier molecular flexibility index (Phi) is 4.56. The van der Waals surface area contributed by atoms with E-state index in [0.29, 0.717) is 11.6 Å². The first-order valence-electron chi connectivity index (χ1n) is 7.72. The van der Waals surface area contributed by atoms with E-state index in [2.05, 4.69) is 20.6 Å². The Labute approximate surface area is 144 Å². The van der Waals surface area contributed by atoms with Crippen molar-refractivity contribution >= 4 is 28.8 Å². The van der Waals surface area contributed by atoms with Gasteiger partial charge in [-0.1, -0.05) is 35.9 Å². The Hall–Kier alpha value is -3.48. The van der Waals surface area contributed by atoms with Gasteiger partial charge in [0.25, 0.3) is 0 Å². The molecule has 7 heteroatoms. The monoisotopic (exact) mass is 335 g/mol. The van der Waals surface area contributed by atoms with E-state index in [4.69, 9.17) is 0 Å². The zero-order valence-corrected chi connectivity index (χ0v) is 13.9. The van der Waals surface area contributed by atoms with Crippen LogP contribution in [0.3, 0.4) is 0 Å². The van der Waals surface area contributed by atoms with Gasteiger partial charge in [0.05, 0.1) is 4.92 Å². The molecule has 0 aliphatic rings. The van der Waals surface area contributed by atoms with Crippen LogP contribution < -0.4 is 10.6 Å². The van der Waals surface area contributed by atoms with Crippen molar-refractivity contribution in [2.75, 3.05) is 10.6 Å². The highest BCUT2D eigenvalue weighted by molar-refractivity contribution is 5.69. The van der Waals surface area contributed by atoms with Gasteiger partial charge in [0.1, 0.15) is 5.69 Å². The van der Waals surface area contributed by atoms with Crippen LogP contribution in [0.5, 0.6) is 0 Å². The van der Waals surface area contributed by atoms with Crippen molar-refractivity contribution in [3.8, 4) is 0 Å². The van der Waals surface area contributed by atoms with Crippen molar-refractivity contribution in [1.29, 1.82) is 0 Å². The number of nitrogens with zero attached hydrogens (tertiary/aromatic N) is 3. The first kappa shape index (κ1) is 16.4. The number of nitro groups is 1. The molecule has 0 aliphatic carbocycles. The van der Waals surface area contributed by atoms with Gasteiger partial charge in [-0.15, -0.1) is 0 Å². The molecule has 0 bridgehead atoms. The highest BCUT2D eigenvalue weighted by atomic mass is 16.6. The minimum atomic E-state index is -0.476. The molecular formula is C18H17N5O2. The second-order valence-electron chi connectivity index (χ2n) is 5.57. The van der Waals surface area contributed by atoms with Gasteiger partial charge in [-0.05, 0) is 38.1 Å². The number of para-hydroxylation sites is 1. The summed E-state index contributed by atoms with van der Waals surface area (Å²) < 4.78 is 0. The molecule has 3 rings (SSSR count). The summed E-state index contributed by atoms with van der Waals surface area (Å²) in [5.41, 5.74) is 2.80. The van der Waals surface area contributed by atoms with Crippen LogP contribution in [0, 0.1) is 24.0 Å². The molecule has 0 saturated carbocycles. The molecule has 2 aromatic carbocycles. The number of anilines is 4. The lowest BCUT2D eigenvalue weighted by atomic mass is 10.2. The zero-order valence-electron chi connectivity index (χ0n) is 13.9. The summed E-state index contributed by atoms with van der Waals surface area (Å²) in [6, 6.07) is 16.9. The van der Waals surface area contributed by atoms with Gasteiger partial charge in [-0.25, -0.2) is 4.98 Å². The molecule has 0 radical (unpaired) electrons. The number of nitrogens with one attached hydrogen (secondary N) is 2. The molecular weight excluding hydrogens is 318 g/mol. The van der Waals surface area contributed by atoms with Crippen LogP contribution in [0.1, 0.15) is 11.3 Å². The first-order chi connectivity index (χ1) is 12.0. The van der Waals surface area contributed by atoms with Crippen LogP contribution in [-0.4, -0.2) is 14.9 Å². The van der Waals surface area contributed by atoms with E-state index in [1.165, 1.54) is 0 Å². The normalized spacial score (nSPS) is 10.3. The quantitative estimate of drug-likeness (QED) is 0.527. The largest absolute Gasteiger partial charge is 0.334 e. The van der Waals surface area contributed by atoms with Gasteiger partial charge >= 0.3 is 5.69 Å². The fourth-order valence-corrected chi connectivity index (χ4v) is 2.35. The molecule has 2 N–H and O–H groups in total. The van der Waals surface area contributed by atoms with E-state index in [1.807, 2.05) is 61.5 Å². The van der Waals surface area contributed by atoms with Crippen LogP contribution in [0.15, 0.2) is 54.6 Å². The highest BCUT2D eigenvalue weighted by Crippen LogP contribution is 2.30. The third kappa shape index (κ3) is 3.89. The third-order valence-corrected chi connectivity index (χ3v) is 3.59. The molecule has 0 amide bonds. The third-order valence-electron chi connectivity index (χ3n) is 3.59. The molecule has 0 unspecified atom stereocenters. The average Bonchev–Trinajstić information content (AvgIpc) is 2.57. The number of hydrogen-bond acceptors (Lipinski definition) is 6. The van der Waals surface area contributed by atoms with E-state index in [9.17, 15) is 10.1 Å². The lowest BCUT2D eigenvalue weighted by Crippen LogP contribution is -2.07. The minimum absolute atomic E-state index is 0.140. The van der Waals surface area contributed by atoms with Crippen molar-refractivity contribution in [2.45, 2.75) is 13.8 Å². The smallest absolute Gasteiger partial charge is 0.332 e. The maximum atomic E-state index is 11.4. The summed E-state index contributed by atoms with van der Waals surface area (Å²) >= 11 is 0. The second kappa shape index (κ2) is 6.96. The number of rotatable bonds is 5. The van der Waals surface area contributed by atoms with Gasteiger partial charge in [0.2, 0.25) is 11.8 Å². The summed E-state index contributed by atoms with van der Waals surface area (Å²) in [5, 5.41) is 17.5. The summed E-state index contributed by atoms with van der Waals surface area (Å²) in [7, 11) is 0. The van der Waals surface area contributed by atoms with Crippen molar-refractivity contribution in [3.05, 3.63) is 76.0 Å². The van der Waals surface area contributed by atoms with Crippen LogP contribution >= 0.6 is 0 Å². The molecule has 126 valence electrons. The topological polar surface area (TPSA) is 93.0 Å². The Bertz CT molecular complexity index is 895.